The average molecular weight is 271 g/mol. The summed E-state index contributed by atoms with van der Waals surface area (Å²) in [4.78, 5) is 0. The van der Waals surface area contributed by atoms with Crippen molar-refractivity contribution in [2.24, 2.45) is 0 Å². The van der Waals surface area contributed by atoms with Crippen LogP contribution in [0.25, 0.3) is 0 Å². The van der Waals surface area contributed by atoms with E-state index in [1.54, 1.807) is 11.8 Å². The summed E-state index contributed by atoms with van der Waals surface area (Å²) in [6.45, 7) is 2.92. The molecule has 98 valence electrons. The van der Waals surface area contributed by atoms with E-state index in [-0.39, 0.29) is 5.38 Å². The van der Waals surface area contributed by atoms with Gasteiger partial charge < -0.3 is 9.26 Å². The highest BCUT2D eigenvalue weighted by molar-refractivity contribution is 6.20. The zero-order valence-electron chi connectivity index (χ0n) is 10.3. The Labute approximate surface area is 110 Å². The van der Waals surface area contributed by atoms with Gasteiger partial charge >= 0.3 is 0 Å². The van der Waals surface area contributed by atoms with Crippen LogP contribution in [-0.2, 0) is 17.9 Å². The standard InChI is InChI=1S/C11H15ClN4O2/c1-3-10(12)11-6-16(15-13-11)5-8-4-9(7-17-2)18-14-8/h4,6,10H,3,5,7H2,1-2H3. The summed E-state index contributed by atoms with van der Waals surface area (Å²) in [5, 5.41) is 11.9. The van der Waals surface area contributed by atoms with E-state index in [4.69, 9.17) is 20.9 Å². The Hall–Kier alpha value is -1.40. The molecule has 1 atom stereocenters. The molecule has 0 amide bonds. The van der Waals surface area contributed by atoms with Crippen molar-refractivity contribution in [2.75, 3.05) is 7.11 Å². The lowest BCUT2D eigenvalue weighted by molar-refractivity contribution is 0.155. The normalized spacial score (nSPS) is 12.8. The lowest BCUT2D eigenvalue weighted by Crippen LogP contribution is -2.00. The summed E-state index contributed by atoms with van der Waals surface area (Å²) >= 11 is 6.09. The predicted molar refractivity (Wildman–Crippen MR) is 65.2 cm³/mol. The number of rotatable bonds is 6. The van der Waals surface area contributed by atoms with Gasteiger partial charge in [0.1, 0.15) is 18.0 Å². The van der Waals surface area contributed by atoms with E-state index in [2.05, 4.69) is 15.5 Å². The lowest BCUT2D eigenvalue weighted by Gasteiger charge is -1.98. The van der Waals surface area contributed by atoms with Crippen molar-refractivity contribution in [1.82, 2.24) is 20.2 Å². The molecule has 6 nitrogen and oxygen atoms in total. The molecule has 18 heavy (non-hydrogen) atoms. The van der Waals surface area contributed by atoms with Crippen LogP contribution >= 0.6 is 11.6 Å². The maximum absolute atomic E-state index is 6.09. The van der Waals surface area contributed by atoms with Crippen LogP contribution < -0.4 is 0 Å². The minimum absolute atomic E-state index is 0.0971. The van der Waals surface area contributed by atoms with Gasteiger partial charge in [0, 0.05) is 13.2 Å². The van der Waals surface area contributed by atoms with E-state index < -0.39 is 0 Å². The van der Waals surface area contributed by atoms with Gasteiger partial charge in [-0.25, -0.2) is 4.68 Å². The molecular formula is C11H15ClN4O2. The molecule has 1 unspecified atom stereocenters. The third kappa shape index (κ3) is 3.08. The molecule has 0 saturated carbocycles. The number of nitrogens with zero attached hydrogens (tertiary/aromatic N) is 4. The first-order chi connectivity index (χ1) is 8.72. The largest absolute Gasteiger partial charge is 0.377 e. The van der Waals surface area contributed by atoms with Gasteiger partial charge in [0.15, 0.2) is 5.76 Å². The van der Waals surface area contributed by atoms with Crippen molar-refractivity contribution in [3.63, 3.8) is 0 Å². The predicted octanol–water partition coefficient (Wildman–Crippen LogP) is 2.15. The van der Waals surface area contributed by atoms with Crippen molar-refractivity contribution in [3.05, 3.63) is 29.4 Å². The van der Waals surface area contributed by atoms with Crippen molar-refractivity contribution >= 4 is 11.6 Å². The van der Waals surface area contributed by atoms with Crippen LogP contribution in [-0.4, -0.2) is 27.3 Å². The highest BCUT2D eigenvalue weighted by atomic mass is 35.5. The molecule has 0 radical (unpaired) electrons. The highest BCUT2D eigenvalue weighted by Gasteiger charge is 2.11. The molecule has 0 N–H and O–H groups in total. The number of halogens is 1. The molecule has 0 bridgehead atoms. The van der Waals surface area contributed by atoms with Crippen LogP contribution in [0.2, 0.25) is 0 Å². The second-order valence-corrected chi connectivity index (χ2v) is 4.46. The van der Waals surface area contributed by atoms with E-state index in [0.717, 1.165) is 17.8 Å². The Bertz CT molecular complexity index is 497. The van der Waals surface area contributed by atoms with E-state index in [1.165, 1.54) is 0 Å². The minimum Gasteiger partial charge on any atom is -0.377 e. The Morgan fingerprint density at radius 1 is 1.56 bits per heavy atom. The fourth-order valence-corrected chi connectivity index (χ4v) is 1.65. The van der Waals surface area contributed by atoms with Gasteiger partial charge in [0.25, 0.3) is 0 Å². The van der Waals surface area contributed by atoms with Crippen LogP contribution in [0.3, 0.4) is 0 Å². The number of hydrogen-bond acceptors (Lipinski definition) is 5. The molecule has 0 aliphatic heterocycles. The summed E-state index contributed by atoms with van der Waals surface area (Å²) in [5.74, 6) is 0.691. The van der Waals surface area contributed by atoms with Gasteiger partial charge in [-0.1, -0.05) is 17.3 Å². The number of aromatic nitrogens is 4. The fraction of sp³-hybridized carbons (Fsp3) is 0.545. The van der Waals surface area contributed by atoms with Gasteiger partial charge in [-0.2, -0.15) is 0 Å². The van der Waals surface area contributed by atoms with E-state index >= 15 is 0 Å². The molecule has 0 aromatic carbocycles. The summed E-state index contributed by atoms with van der Waals surface area (Å²) in [5.41, 5.74) is 1.56. The molecule has 0 aliphatic rings. The van der Waals surface area contributed by atoms with Gasteiger partial charge in [-0.3, -0.25) is 0 Å². The molecule has 0 aliphatic carbocycles. The van der Waals surface area contributed by atoms with Gasteiger partial charge in [-0.05, 0) is 6.42 Å². The Balaban J connectivity index is 2.01. The van der Waals surface area contributed by atoms with Crippen molar-refractivity contribution in [3.8, 4) is 0 Å². The maximum atomic E-state index is 6.09. The summed E-state index contributed by atoms with van der Waals surface area (Å²) < 4.78 is 11.7. The first-order valence-corrected chi connectivity index (χ1v) is 6.14. The molecule has 0 fully saturated rings. The number of methoxy groups -OCH3 is 1. The number of alkyl halides is 1. The van der Waals surface area contributed by atoms with Crippen LogP contribution in [0.5, 0.6) is 0 Å². The van der Waals surface area contributed by atoms with Gasteiger partial charge in [0.2, 0.25) is 0 Å². The number of ether oxygens (including phenoxy) is 1. The van der Waals surface area contributed by atoms with Crippen molar-refractivity contribution < 1.29 is 9.26 Å². The topological polar surface area (TPSA) is 66.0 Å². The molecule has 7 heteroatoms. The summed E-state index contributed by atoms with van der Waals surface area (Å²) in [6.07, 6.45) is 2.65. The SMILES string of the molecule is CCC(Cl)c1cn(Cc2cc(COC)on2)nn1. The lowest BCUT2D eigenvalue weighted by atomic mass is 10.3. The zero-order chi connectivity index (χ0) is 13.0. The minimum atomic E-state index is -0.0971. The Morgan fingerprint density at radius 3 is 3.11 bits per heavy atom. The Kier molecular flexibility index (Phi) is 4.33. The molecule has 2 heterocycles. The van der Waals surface area contributed by atoms with Crippen molar-refractivity contribution in [1.29, 1.82) is 0 Å². The van der Waals surface area contributed by atoms with Crippen LogP contribution in [0, 0.1) is 0 Å². The van der Waals surface area contributed by atoms with E-state index in [0.29, 0.717) is 18.9 Å². The Morgan fingerprint density at radius 2 is 2.39 bits per heavy atom. The van der Waals surface area contributed by atoms with Crippen LogP contribution in [0.1, 0.15) is 35.9 Å². The second kappa shape index (κ2) is 5.97. The third-order valence-corrected chi connectivity index (χ3v) is 2.99. The van der Waals surface area contributed by atoms with Gasteiger partial charge in [0.05, 0.1) is 18.1 Å². The molecule has 2 aromatic heterocycles. The third-order valence-electron chi connectivity index (χ3n) is 2.45. The summed E-state index contributed by atoms with van der Waals surface area (Å²) in [7, 11) is 1.61. The molecule has 0 saturated heterocycles. The van der Waals surface area contributed by atoms with E-state index in [1.807, 2.05) is 19.2 Å². The quantitative estimate of drug-likeness (QED) is 0.753. The van der Waals surface area contributed by atoms with Crippen LogP contribution in [0.15, 0.2) is 16.8 Å². The smallest absolute Gasteiger partial charge is 0.162 e. The first-order valence-electron chi connectivity index (χ1n) is 5.70. The molecule has 0 spiro atoms. The number of hydrogen-bond donors (Lipinski definition) is 0. The van der Waals surface area contributed by atoms with Crippen LogP contribution in [0.4, 0.5) is 0 Å². The molecule has 2 rings (SSSR count). The average Bonchev–Trinajstić information content (AvgIpc) is 2.99. The first kappa shape index (κ1) is 13.0. The highest BCUT2D eigenvalue weighted by Crippen LogP contribution is 2.20. The monoisotopic (exact) mass is 270 g/mol. The second-order valence-electron chi connectivity index (χ2n) is 3.93. The fourth-order valence-electron chi connectivity index (χ4n) is 1.55. The summed E-state index contributed by atoms with van der Waals surface area (Å²) in [6, 6.07) is 1.84. The maximum Gasteiger partial charge on any atom is 0.162 e. The van der Waals surface area contributed by atoms with E-state index in [9.17, 15) is 0 Å². The van der Waals surface area contributed by atoms with Gasteiger partial charge in [-0.15, -0.1) is 16.7 Å². The molecule has 2 aromatic rings. The van der Waals surface area contributed by atoms with Crippen molar-refractivity contribution in [2.45, 2.75) is 31.9 Å². The zero-order valence-corrected chi connectivity index (χ0v) is 11.1. The molecular weight excluding hydrogens is 256 g/mol.